The molecule has 0 saturated carbocycles. The fourth-order valence-corrected chi connectivity index (χ4v) is 3.95. The summed E-state index contributed by atoms with van der Waals surface area (Å²) in [4.78, 5) is 2.08. The molecule has 5 heteroatoms. The van der Waals surface area contributed by atoms with Gasteiger partial charge in [0.25, 0.3) is 0 Å². The summed E-state index contributed by atoms with van der Waals surface area (Å²) in [5, 5.41) is 0. The van der Waals surface area contributed by atoms with Gasteiger partial charge < -0.3 is 0 Å². The van der Waals surface area contributed by atoms with Crippen LogP contribution in [0.3, 0.4) is 0 Å². The first-order chi connectivity index (χ1) is 7.99. The Bertz CT molecular complexity index is 319. The van der Waals surface area contributed by atoms with Crippen molar-refractivity contribution in [3.05, 3.63) is 11.8 Å². The SMILES string of the molecule is CCO[C](=[Cr])/C=C(\N(C)C)C(C)(C)O[Si](C)(C)C. The van der Waals surface area contributed by atoms with E-state index in [0.717, 1.165) is 10.3 Å². The molecule has 0 aromatic rings. The number of nitrogens with zero attached hydrogens (tertiary/aromatic N) is 1. The number of likely N-dealkylation sites (N-methyl/N-ethyl adjacent to an activating group) is 1. The van der Waals surface area contributed by atoms with E-state index in [0.29, 0.717) is 6.61 Å². The third-order valence-corrected chi connectivity index (χ3v) is 3.69. The molecule has 0 unspecified atom stereocenters. The van der Waals surface area contributed by atoms with Crippen LogP contribution >= 0.6 is 0 Å². The van der Waals surface area contributed by atoms with Crippen molar-refractivity contribution >= 4 is 12.9 Å². The molecule has 0 saturated heterocycles. The van der Waals surface area contributed by atoms with Crippen LogP contribution in [0, 0.1) is 0 Å². The fourth-order valence-electron chi connectivity index (χ4n) is 1.95. The van der Waals surface area contributed by atoms with Gasteiger partial charge in [0.1, 0.15) is 0 Å². The molecule has 0 spiro atoms. The Morgan fingerprint density at radius 3 is 2.11 bits per heavy atom. The first-order valence-electron chi connectivity index (χ1n) is 6.26. The van der Waals surface area contributed by atoms with Crippen molar-refractivity contribution in [1.82, 2.24) is 4.90 Å². The summed E-state index contributed by atoms with van der Waals surface area (Å²) in [6, 6.07) is 0. The third kappa shape index (κ3) is 6.86. The molecule has 0 rings (SSSR count). The van der Waals surface area contributed by atoms with Crippen molar-refractivity contribution in [3.63, 3.8) is 0 Å². The summed E-state index contributed by atoms with van der Waals surface area (Å²) >= 11 is 2.95. The standard InChI is InChI=1S/C13H27NO2Si.Cr/c1-9-15-11-10-12(14(4)5)13(2,3)16-17(6,7)8;/h10H,9H2,1-8H3;/b12-10-;. The molecule has 0 bridgehead atoms. The van der Waals surface area contributed by atoms with E-state index >= 15 is 0 Å². The van der Waals surface area contributed by atoms with Crippen molar-refractivity contribution in [3.8, 4) is 0 Å². The summed E-state index contributed by atoms with van der Waals surface area (Å²) < 4.78 is 12.5. The molecule has 0 aliphatic carbocycles. The van der Waals surface area contributed by atoms with E-state index in [9.17, 15) is 0 Å². The monoisotopic (exact) mass is 309 g/mol. The quantitative estimate of drug-likeness (QED) is 0.675. The van der Waals surface area contributed by atoms with Crippen molar-refractivity contribution in [2.45, 2.75) is 46.0 Å². The zero-order valence-corrected chi connectivity index (χ0v) is 15.2. The zero-order valence-electron chi connectivity index (χ0n) is 13.0. The van der Waals surface area contributed by atoms with Gasteiger partial charge in [-0.15, -0.1) is 0 Å². The van der Waals surface area contributed by atoms with Gasteiger partial charge in [-0.05, 0) is 0 Å². The van der Waals surface area contributed by atoms with Crippen LogP contribution in [-0.2, 0) is 25.0 Å². The Hall–Kier alpha value is 0.0794. The van der Waals surface area contributed by atoms with Gasteiger partial charge in [-0.25, -0.2) is 0 Å². The van der Waals surface area contributed by atoms with Crippen LogP contribution in [0.1, 0.15) is 20.8 Å². The maximum absolute atomic E-state index is 6.27. The van der Waals surface area contributed by atoms with E-state index in [1.54, 1.807) is 0 Å². The zero-order chi connectivity index (χ0) is 14.6. The normalized spacial score (nSPS) is 13.7. The van der Waals surface area contributed by atoms with Gasteiger partial charge in [-0.2, -0.15) is 0 Å². The van der Waals surface area contributed by atoms with Crippen LogP contribution in [-0.4, -0.2) is 44.1 Å². The second-order valence-electron chi connectivity index (χ2n) is 5.90. The Morgan fingerprint density at radius 1 is 1.28 bits per heavy atom. The molecule has 0 amide bonds. The minimum absolute atomic E-state index is 0.319. The topological polar surface area (TPSA) is 21.7 Å². The fraction of sp³-hybridized carbons (Fsp3) is 0.769. The van der Waals surface area contributed by atoms with Crippen LogP contribution in [0.5, 0.6) is 0 Å². The Balaban J connectivity index is 5.16. The molecule has 106 valence electrons. The predicted octanol–water partition coefficient (Wildman–Crippen LogP) is 2.78. The molecule has 0 N–H and O–H groups in total. The number of hydrogen-bond donors (Lipinski definition) is 0. The summed E-state index contributed by atoms with van der Waals surface area (Å²) in [5.74, 6) is 0. The third-order valence-electron chi connectivity index (χ3n) is 2.20. The van der Waals surface area contributed by atoms with E-state index in [2.05, 4.69) is 54.2 Å². The Morgan fingerprint density at radius 2 is 1.78 bits per heavy atom. The summed E-state index contributed by atoms with van der Waals surface area (Å²) in [6.45, 7) is 13.5. The van der Waals surface area contributed by atoms with Crippen LogP contribution < -0.4 is 0 Å². The van der Waals surface area contributed by atoms with Crippen LogP contribution in [0.4, 0.5) is 0 Å². The molecule has 0 aromatic heterocycles. The maximum atomic E-state index is 6.27. The first kappa shape index (κ1) is 18.1. The molecular formula is C13H27CrNO2Si. The molecular weight excluding hydrogens is 282 g/mol. The molecule has 0 aliphatic heterocycles. The van der Waals surface area contributed by atoms with E-state index in [1.807, 2.05) is 27.1 Å². The second kappa shape index (κ2) is 7.02. The van der Waals surface area contributed by atoms with Gasteiger partial charge in [0.2, 0.25) is 0 Å². The predicted molar refractivity (Wildman–Crippen MR) is 76.9 cm³/mol. The van der Waals surface area contributed by atoms with Gasteiger partial charge in [-0.3, -0.25) is 0 Å². The molecule has 3 nitrogen and oxygen atoms in total. The summed E-state index contributed by atoms with van der Waals surface area (Å²) in [6.07, 6.45) is 2.02. The van der Waals surface area contributed by atoms with Crippen LogP contribution in [0.25, 0.3) is 0 Å². The average Bonchev–Trinajstić information content (AvgIpc) is 2.09. The van der Waals surface area contributed by atoms with Crippen LogP contribution in [0.15, 0.2) is 11.8 Å². The van der Waals surface area contributed by atoms with Gasteiger partial charge in [-0.1, -0.05) is 0 Å². The van der Waals surface area contributed by atoms with E-state index in [-0.39, 0.29) is 5.60 Å². The number of rotatable bonds is 7. The van der Waals surface area contributed by atoms with Crippen molar-refractivity contribution in [2.75, 3.05) is 20.7 Å². The Kier molecular flexibility index (Phi) is 7.05. The average molecular weight is 309 g/mol. The summed E-state index contributed by atoms with van der Waals surface area (Å²) in [5.41, 5.74) is 0.785. The molecule has 0 atom stereocenters. The first-order valence-corrected chi connectivity index (χ1v) is 10.3. The van der Waals surface area contributed by atoms with Crippen molar-refractivity contribution in [2.24, 2.45) is 0 Å². The molecule has 0 heterocycles. The summed E-state index contributed by atoms with van der Waals surface area (Å²) in [7, 11) is 2.46. The van der Waals surface area contributed by atoms with E-state index in [4.69, 9.17) is 9.16 Å². The molecule has 0 radical (unpaired) electrons. The van der Waals surface area contributed by atoms with Gasteiger partial charge in [0.05, 0.1) is 0 Å². The van der Waals surface area contributed by atoms with E-state index < -0.39 is 8.32 Å². The van der Waals surface area contributed by atoms with Gasteiger partial charge in [0.15, 0.2) is 0 Å². The number of hydrogen-bond acceptors (Lipinski definition) is 3. The van der Waals surface area contributed by atoms with Crippen molar-refractivity contribution < 1.29 is 25.0 Å². The second-order valence-corrected chi connectivity index (χ2v) is 11.0. The van der Waals surface area contributed by atoms with Crippen molar-refractivity contribution in [1.29, 1.82) is 0 Å². The van der Waals surface area contributed by atoms with Gasteiger partial charge in [0, 0.05) is 0 Å². The van der Waals surface area contributed by atoms with Crippen LogP contribution in [0.2, 0.25) is 19.6 Å². The Labute approximate surface area is 121 Å². The van der Waals surface area contributed by atoms with Gasteiger partial charge >= 0.3 is 121 Å². The molecule has 0 fully saturated rings. The molecule has 18 heavy (non-hydrogen) atoms. The molecule has 0 aliphatic rings. The molecule has 0 aromatic carbocycles. The minimum atomic E-state index is -1.60. The van der Waals surface area contributed by atoms with E-state index in [1.165, 1.54) is 0 Å². The number of ether oxygens (including phenoxy) is 1.